The molecule has 1 aliphatic rings. The molecular weight excluding hydrogens is 364 g/mol. The van der Waals surface area contributed by atoms with E-state index in [1.165, 1.54) is 16.4 Å². The number of carbonyl (C=O) groups excluding carboxylic acids is 1. The Bertz CT molecular complexity index is 1000. The Morgan fingerprint density at radius 3 is 2.81 bits per heavy atom. The highest BCUT2D eigenvalue weighted by Crippen LogP contribution is 2.36. The number of hydrogen-bond acceptors (Lipinski definition) is 5. The molecule has 0 saturated heterocycles. The van der Waals surface area contributed by atoms with E-state index < -0.39 is 0 Å². The molecule has 0 aliphatic heterocycles. The van der Waals surface area contributed by atoms with Crippen LogP contribution < -0.4 is 11.0 Å². The molecule has 2 aromatic heterocycles. The van der Waals surface area contributed by atoms with Crippen molar-refractivity contribution in [2.75, 3.05) is 12.8 Å². The number of thioether (sulfide) groups is 1. The first kappa shape index (κ1) is 17.7. The van der Waals surface area contributed by atoms with Crippen LogP contribution in [0.4, 0.5) is 0 Å². The van der Waals surface area contributed by atoms with Crippen LogP contribution in [0.1, 0.15) is 29.2 Å². The molecule has 2 heterocycles. The summed E-state index contributed by atoms with van der Waals surface area (Å²) in [5, 5.41) is 7.31. The highest BCUT2D eigenvalue weighted by molar-refractivity contribution is 7.98. The van der Waals surface area contributed by atoms with Crippen molar-refractivity contribution in [1.29, 1.82) is 0 Å². The largest absolute Gasteiger partial charge is 0.461 e. The highest BCUT2D eigenvalue weighted by Gasteiger charge is 2.31. The van der Waals surface area contributed by atoms with Crippen LogP contribution in [0.25, 0.3) is 11.6 Å². The SMILES string of the molecule is CSc1ccccc1C(=O)NCCn1nc(-c2ccco2)n(C2CC2)c1=O. The number of furan rings is 1. The van der Waals surface area contributed by atoms with Crippen molar-refractivity contribution in [1.82, 2.24) is 19.7 Å². The lowest BCUT2D eigenvalue weighted by atomic mass is 10.2. The number of rotatable bonds is 7. The van der Waals surface area contributed by atoms with Crippen LogP contribution in [0.3, 0.4) is 0 Å². The van der Waals surface area contributed by atoms with Crippen molar-refractivity contribution < 1.29 is 9.21 Å². The van der Waals surface area contributed by atoms with Crippen molar-refractivity contribution >= 4 is 17.7 Å². The summed E-state index contributed by atoms with van der Waals surface area (Å²) >= 11 is 1.53. The highest BCUT2D eigenvalue weighted by atomic mass is 32.2. The summed E-state index contributed by atoms with van der Waals surface area (Å²) in [5.41, 5.74) is 0.472. The van der Waals surface area contributed by atoms with E-state index in [2.05, 4.69) is 10.4 Å². The molecule has 1 aliphatic carbocycles. The molecule has 7 nitrogen and oxygen atoms in total. The van der Waals surface area contributed by atoms with Crippen molar-refractivity contribution in [3.8, 4) is 11.6 Å². The van der Waals surface area contributed by atoms with Gasteiger partial charge in [-0.3, -0.25) is 9.36 Å². The molecule has 0 spiro atoms. The lowest BCUT2D eigenvalue weighted by Crippen LogP contribution is -2.32. The maximum absolute atomic E-state index is 12.7. The summed E-state index contributed by atoms with van der Waals surface area (Å²) in [7, 11) is 0. The molecule has 27 heavy (non-hydrogen) atoms. The average molecular weight is 384 g/mol. The molecule has 140 valence electrons. The van der Waals surface area contributed by atoms with E-state index in [0.717, 1.165) is 17.7 Å². The monoisotopic (exact) mass is 384 g/mol. The van der Waals surface area contributed by atoms with Gasteiger partial charge in [-0.2, -0.15) is 0 Å². The minimum Gasteiger partial charge on any atom is -0.461 e. The average Bonchev–Trinajstić information content (AvgIpc) is 3.26. The molecule has 0 atom stereocenters. The van der Waals surface area contributed by atoms with Gasteiger partial charge >= 0.3 is 5.69 Å². The third kappa shape index (κ3) is 3.57. The van der Waals surface area contributed by atoms with E-state index in [1.807, 2.05) is 24.5 Å². The summed E-state index contributed by atoms with van der Waals surface area (Å²) in [6.07, 6.45) is 5.45. The molecule has 0 unspecified atom stereocenters. The molecule has 8 heteroatoms. The fourth-order valence-electron chi connectivity index (χ4n) is 3.00. The van der Waals surface area contributed by atoms with Gasteiger partial charge < -0.3 is 9.73 Å². The quantitative estimate of drug-likeness (QED) is 0.634. The standard InChI is InChI=1S/C19H20N4O3S/c1-27-16-7-3-2-5-14(16)18(24)20-10-11-22-19(25)23(13-8-9-13)17(21-22)15-6-4-12-26-15/h2-7,12-13H,8-11H2,1H3,(H,20,24). The molecule has 0 bridgehead atoms. The number of aromatic nitrogens is 3. The van der Waals surface area contributed by atoms with E-state index in [9.17, 15) is 9.59 Å². The lowest BCUT2D eigenvalue weighted by Gasteiger charge is -2.08. The van der Waals surface area contributed by atoms with Gasteiger partial charge in [-0.25, -0.2) is 9.48 Å². The van der Waals surface area contributed by atoms with E-state index in [0.29, 0.717) is 30.2 Å². The molecular formula is C19H20N4O3S. The maximum Gasteiger partial charge on any atom is 0.346 e. The van der Waals surface area contributed by atoms with Crippen LogP contribution in [0, 0.1) is 0 Å². The van der Waals surface area contributed by atoms with Gasteiger partial charge in [0.1, 0.15) is 0 Å². The predicted molar refractivity (Wildman–Crippen MR) is 103 cm³/mol. The van der Waals surface area contributed by atoms with E-state index >= 15 is 0 Å². The summed E-state index contributed by atoms with van der Waals surface area (Å²) in [5.74, 6) is 0.975. The number of nitrogens with one attached hydrogen (secondary N) is 1. The first-order valence-corrected chi connectivity index (χ1v) is 10.1. The molecule has 1 N–H and O–H groups in total. The Hall–Kier alpha value is -2.74. The molecule has 1 saturated carbocycles. The van der Waals surface area contributed by atoms with Gasteiger partial charge in [0.25, 0.3) is 5.91 Å². The van der Waals surface area contributed by atoms with Crippen molar-refractivity contribution in [2.45, 2.75) is 30.3 Å². The molecule has 3 aromatic rings. The third-order valence-corrected chi connectivity index (χ3v) is 5.28. The Morgan fingerprint density at radius 1 is 1.30 bits per heavy atom. The van der Waals surface area contributed by atoms with Gasteiger partial charge in [0, 0.05) is 17.5 Å². The van der Waals surface area contributed by atoms with Crippen LogP contribution in [0.5, 0.6) is 0 Å². The number of benzene rings is 1. The van der Waals surface area contributed by atoms with E-state index in [-0.39, 0.29) is 17.6 Å². The molecule has 1 amide bonds. The first-order valence-electron chi connectivity index (χ1n) is 8.83. The van der Waals surface area contributed by atoms with E-state index in [4.69, 9.17) is 4.42 Å². The van der Waals surface area contributed by atoms with Crippen LogP contribution in [0.2, 0.25) is 0 Å². The fourth-order valence-corrected chi connectivity index (χ4v) is 3.60. The topological polar surface area (TPSA) is 82.1 Å². The van der Waals surface area contributed by atoms with Crippen LogP contribution in [-0.2, 0) is 6.54 Å². The van der Waals surface area contributed by atoms with Crippen molar-refractivity contribution in [3.63, 3.8) is 0 Å². The van der Waals surface area contributed by atoms with Gasteiger partial charge in [-0.05, 0) is 43.4 Å². The number of nitrogens with zero attached hydrogens (tertiary/aromatic N) is 3. The zero-order chi connectivity index (χ0) is 18.8. The second-order valence-electron chi connectivity index (χ2n) is 6.36. The molecule has 0 radical (unpaired) electrons. The molecule has 1 aromatic carbocycles. The van der Waals surface area contributed by atoms with Crippen LogP contribution in [-0.4, -0.2) is 33.1 Å². The Kier molecular flexibility index (Phi) is 4.89. The van der Waals surface area contributed by atoms with Gasteiger partial charge in [0.05, 0.1) is 18.4 Å². The normalized spacial score (nSPS) is 13.7. The summed E-state index contributed by atoms with van der Waals surface area (Å²) in [6, 6.07) is 11.2. The number of amides is 1. The van der Waals surface area contributed by atoms with Crippen molar-refractivity contribution in [2.24, 2.45) is 0 Å². The second kappa shape index (κ2) is 7.48. The molecule has 1 fully saturated rings. The van der Waals surface area contributed by atoms with Crippen LogP contribution in [0.15, 0.2) is 56.8 Å². The van der Waals surface area contributed by atoms with Gasteiger partial charge in [-0.1, -0.05) is 12.1 Å². The minimum absolute atomic E-state index is 0.152. The summed E-state index contributed by atoms with van der Waals surface area (Å²) in [4.78, 5) is 26.1. The predicted octanol–water partition coefficient (Wildman–Crippen LogP) is 2.79. The zero-order valence-corrected chi connectivity index (χ0v) is 15.7. The van der Waals surface area contributed by atoms with Gasteiger partial charge in [0.2, 0.25) is 5.82 Å². The fraction of sp³-hybridized carbons (Fsp3) is 0.316. The maximum atomic E-state index is 12.7. The van der Waals surface area contributed by atoms with Crippen molar-refractivity contribution in [3.05, 3.63) is 58.7 Å². The lowest BCUT2D eigenvalue weighted by molar-refractivity contribution is 0.0949. The van der Waals surface area contributed by atoms with Gasteiger partial charge in [-0.15, -0.1) is 16.9 Å². The van der Waals surface area contributed by atoms with E-state index in [1.54, 1.807) is 29.0 Å². The number of carbonyl (C=O) groups is 1. The smallest absolute Gasteiger partial charge is 0.346 e. The first-order chi connectivity index (χ1) is 13.2. The Balaban J connectivity index is 1.48. The van der Waals surface area contributed by atoms with Crippen LogP contribution >= 0.6 is 11.8 Å². The Labute approximate surface area is 160 Å². The third-order valence-electron chi connectivity index (χ3n) is 4.48. The Morgan fingerprint density at radius 2 is 2.11 bits per heavy atom. The minimum atomic E-state index is -0.164. The zero-order valence-electron chi connectivity index (χ0n) is 14.9. The molecule has 4 rings (SSSR count). The van der Waals surface area contributed by atoms with Gasteiger partial charge in [0.15, 0.2) is 5.76 Å². The summed E-state index contributed by atoms with van der Waals surface area (Å²) < 4.78 is 8.52. The number of hydrogen-bond donors (Lipinski definition) is 1. The summed E-state index contributed by atoms with van der Waals surface area (Å²) in [6.45, 7) is 0.625. The second-order valence-corrected chi connectivity index (χ2v) is 7.21.